The second-order valence-corrected chi connectivity index (χ2v) is 5.16. The average molecular weight is 278 g/mol. The Balaban J connectivity index is 2.12. The first-order valence-corrected chi connectivity index (χ1v) is 6.94. The molecular formula is C19H18O2. The van der Waals surface area contributed by atoms with E-state index in [9.17, 15) is 4.79 Å². The highest BCUT2D eigenvalue weighted by Crippen LogP contribution is 2.10. The molecule has 0 aliphatic rings. The lowest BCUT2D eigenvalue weighted by molar-refractivity contribution is -0.136. The van der Waals surface area contributed by atoms with Gasteiger partial charge in [-0.05, 0) is 55.2 Å². The Hall–Kier alpha value is -2.53. The topological polar surface area (TPSA) is 37.3 Å². The maximum atomic E-state index is 10.5. The second-order valence-electron chi connectivity index (χ2n) is 5.16. The third-order valence-corrected chi connectivity index (χ3v) is 3.32. The van der Waals surface area contributed by atoms with Crippen LogP contribution in [-0.2, 0) is 11.2 Å². The van der Waals surface area contributed by atoms with E-state index >= 15 is 0 Å². The second kappa shape index (κ2) is 6.76. The Labute approximate surface area is 125 Å². The lowest BCUT2D eigenvalue weighted by atomic mass is 10.0. The molecule has 0 radical (unpaired) electrons. The number of hydrogen-bond donors (Lipinski definition) is 1. The molecule has 0 aliphatic heterocycles. The zero-order chi connectivity index (χ0) is 15.2. The molecule has 2 heteroatoms. The predicted molar refractivity (Wildman–Crippen MR) is 84.3 cm³/mol. The summed E-state index contributed by atoms with van der Waals surface area (Å²) in [5, 5.41) is 8.67. The summed E-state index contributed by atoms with van der Waals surface area (Å²) < 4.78 is 0. The molecule has 21 heavy (non-hydrogen) atoms. The van der Waals surface area contributed by atoms with Crippen LogP contribution in [0.2, 0.25) is 0 Å². The van der Waals surface area contributed by atoms with Crippen LogP contribution in [0, 0.1) is 25.7 Å². The van der Waals surface area contributed by atoms with Crippen LogP contribution in [0.15, 0.2) is 42.5 Å². The van der Waals surface area contributed by atoms with Gasteiger partial charge in [0, 0.05) is 17.5 Å². The molecule has 0 bridgehead atoms. The van der Waals surface area contributed by atoms with Crippen LogP contribution in [0.25, 0.3) is 0 Å². The highest BCUT2D eigenvalue weighted by molar-refractivity contribution is 5.67. The van der Waals surface area contributed by atoms with Gasteiger partial charge in [0.15, 0.2) is 0 Å². The number of rotatable bonds is 3. The molecule has 1 N–H and O–H groups in total. The van der Waals surface area contributed by atoms with Gasteiger partial charge in [0.05, 0.1) is 0 Å². The van der Waals surface area contributed by atoms with E-state index < -0.39 is 5.97 Å². The minimum Gasteiger partial charge on any atom is -0.481 e. The van der Waals surface area contributed by atoms with Crippen molar-refractivity contribution < 1.29 is 9.90 Å². The van der Waals surface area contributed by atoms with Crippen molar-refractivity contribution in [1.29, 1.82) is 0 Å². The van der Waals surface area contributed by atoms with Crippen molar-refractivity contribution in [2.75, 3.05) is 0 Å². The summed E-state index contributed by atoms with van der Waals surface area (Å²) in [6.45, 7) is 4.11. The van der Waals surface area contributed by atoms with Crippen LogP contribution in [0.4, 0.5) is 0 Å². The number of carboxylic acid groups (broad SMARTS) is 1. The smallest absolute Gasteiger partial charge is 0.303 e. The highest BCUT2D eigenvalue weighted by Gasteiger charge is 1.99. The molecule has 0 heterocycles. The standard InChI is InChI=1S/C19H18O2/c1-14-3-4-15(2)18(13-14)11-9-16-5-7-17(8-6-16)10-12-19(20)21/h3-8,13H,10,12H2,1-2H3,(H,20,21). The van der Waals surface area contributed by atoms with Crippen molar-refractivity contribution in [3.05, 3.63) is 70.3 Å². The molecule has 2 nitrogen and oxygen atoms in total. The van der Waals surface area contributed by atoms with Crippen molar-refractivity contribution in [2.45, 2.75) is 26.7 Å². The molecule has 2 aromatic rings. The van der Waals surface area contributed by atoms with Gasteiger partial charge in [-0.25, -0.2) is 0 Å². The first kappa shape index (κ1) is 14.9. The third-order valence-electron chi connectivity index (χ3n) is 3.32. The van der Waals surface area contributed by atoms with Gasteiger partial charge >= 0.3 is 5.97 Å². The van der Waals surface area contributed by atoms with Gasteiger partial charge < -0.3 is 5.11 Å². The Morgan fingerprint density at radius 2 is 1.76 bits per heavy atom. The summed E-state index contributed by atoms with van der Waals surface area (Å²) in [6, 6.07) is 14.0. The van der Waals surface area contributed by atoms with Crippen LogP contribution in [0.1, 0.15) is 34.2 Å². The SMILES string of the molecule is Cc1ccc(C)c(C#Cc2ccc(CCC(=O)O)cc2)c1. The fourth-order valence-electron chi connectivity index (χ4n) is 2.02. The number of aryl methyl sites for hydroxylation is 3. The van der Waals surface area contributed by atoms with E-state index in [1.165, 1.54) is 11.1 Å². The van der Waals surface area contributed by atoms with Crippen LogP contribution in [0.3, 0.4) is 0 Å². The van der Waals surface area contributed by atoms with Crippen LogP contribution in [-0.4, -0.2) is 11.1 Å². The molecule has 0 aliphatic carbocycles. The van der Waals surface area contributed by atoms with Crippen LogP contribution < -0.4 is 0 Å². The van der Waals surface area contributed by atoms with Gasteiger partial charge in [-0.2, -0.15) is 0 Å². The van der Waals surface area contributed by atoms with E-state index in [-0.39, 0.29) is 6.42 Å². The van der Waals surface area contributed by atoms with E-state index in [0.29, 0.717) is 6.42 Å². The van der Waals surface area contributed by atoms with E-state index in [0.717, 1.165) is 16.7 Å². The number of hydrogen-bond acceptors (Lipinski definition) is 1. The summed E-state index contributed by atoms with van der Waals surface area (Å²) in [7, 11) is 0. The summed E-state index contributed by atoms with van der Waals surface area (Å²) in [4.78, 5) is 10.5. The van der Waals surface area contributed by atoms with Gasteiger partial charge in [0.2, 0.25) is 0 Å². The molecule has 0 saturated carbocycles. The monoisotopic (exact) mass is 278 g/mol. The van der Waals surface area contributed by atoms with E-state index in [1.807, 2.05) is 24.3 Å². The molecule has 0 amide bonds. The molecule has 0 fully saturated rings. The maximum absolute atomic E-state index is 10.5. The summed E-state index contributed by atoms with van der Waals surface area (Å²) >= 11 is 0. The third kappa shape index (κ3) is 4.50. The molecule has 0 spiro atoms. The molecule has 0 aromatic heterocycles. The average Bonchev–Trinajstić information content (AvgIpc) is 2.47. The van der Waals surface area contributed by atoms with Crippen molar-refractivity contribution >= 4 is 5.97 Å². The lowest BCUT2D eigenvalue weighted by Gasteiger charge is -2.00. The van der Waals surface area contributed by atoms with Gasteiger partial charge in [0.1, 0.15) is 0 Å². The van der Waals surface area contributed by atoms with Crippen molar-refractivity contribution in [1.82, 2.24) is 0 Å². The number of carbonyl (C=O) groups is 1. The fourth-order valence-corrected chi connectivity index (χ4v) is 2.02. The number of benzene rings is 2. The summed E-state index contributed by atoms with van der Waals surface area (Å²) in [5.74, 6) is 5.58. The normalized spacial score (nSPS) is 9.81. The zero-order valence-electron chi connectivity index (χ0n) is 12.3. The first-order chi connectivity index (χ1) is 10.0. The van der Waals surface area contributed by atoms with Crippen molar-refractivity contribution in [2.24, 2.45) is 0 Å². The van der Waals surface area contributed by atoms with E-state index in [4.69, 9.17) is 5.11 Å². The highest BCUT2D eigenvalue weighted by atomic mass is 16.4. The molecule has 0 unspecified atom stereocenters. The Morgan fingerprint density at radius 3 is 2.43 bits per heavy atom. The maximum Gasteiger partial charge on any atom is 0.303 e. The fraction of sp³-hybridized carbons (Fsp3) is 0.211. The Morgan fingerprint density at radius 1 is 1.05 bits per heavy atom. The lowest BCUT2D eigenvalue weighted by Crippen LogP contribution is -1.97. The van der Waals surface area contributed by atoms with Crippen molar-refractivity contribution in [3.8, 4) is 11.8 Å². The van der Waals surface area contributed by atoms with E-state index in [2.05, 4.69) is 43.9 Å². The molecular weight excluding hydrogens is 260 g/mol. The molecule has 0 atom stereocenters. The van der Waals surface area contributed by atoms with Gasteiger partial charge in [-0.15, -0.1) is 0 Å². The molecule has 2 aromatic carbocycles. The van der Waals surface area contributed by atoms with Crippen molar-refractivity contribution in [3.63, 3.8) is 0 Å². The summed E-state index contributed by atoms with van der Waals surface area (Å²) in [6.07, 6.45) is 0.716. The predicted octanol–water partition coefficient (Wildman–Crippen LogP) is 3.72. The minimum absolute atomic E-state index is 0.160. The van der Waals surface area contributed by atoms with Gasteiger partial charge in [0.25, 0.3) is 0 Å². The first-order valence-electron chi connectivity index (χ1n) is 6.94. The quantitative estimate of drug-likeness (QED) is 0.869. The molecule has 2 rings (SSSR count). The number of aliphatic carboxylic acids is 1. The van der Waals surface area contributed by atoms with E-state index in [1.54, 1.807) is 0 Å². The van der Waals surface area contributed by atoms with Gasteiger partial charge in [-0.3, -0.25) is 4.79 Å². The molecule has 0 saturated heterocycles. The van der Waals surface area contributed by atoms with Crippen LogP contribution in [0.5, 0.6) is 0 Å². The zero-order valence-corrected chi connectivity index (χ0v) is 12.3. The Kier molecular flexibility index (Phi) is 4.79. The largest absolute Gasteiger partial charge is 0.481 e. The summed E-state index contributed by atoms with van der Waals surface area (Å²) in [5.41, 5.74) is 5.38. The minimum atomic E-state index is -0.770. The Bertz CT molecular complexity index is 701. The molecule has 106 valence electrons. The van der Waals surface area contributed by atoms with Crippen LogP contribution >= 0.6 is 0 Å². The van der Waals surface area contributed by atoms with Gasteiger partial charge in [-0.1, -0.05) is 36.1 Å². The number of carboxylic acids is 1.